The molecule has 0 saturated carbocycles. The molecular formula is C22H33ClN4O3S. The summed E-state index contributed by atoms with van der Waals surface area (Å²) in [6, 6.07) is 7.19. The molecule has 7 nitrogen and oxygen atoms in total. The van der Waals surface area contributed by atoms with E-state index in [1.54, 1.807) is 12.1 Å². The molecule has 2 N–H and O–H groups in total. The first-order chi connectivity index (χ1) is 14.8. The predicted octanol–water partition coefficient (Wildman–Crippen LogP) is 4.18. The Labute approximate surface area is 194 Å². The molecule has 172 valence electrons. The zero-order valence-corrected chi connectivity index (χ0v) is 20.1. The van der Waals surface area contributed by atoms with Crippen LogP contribution in [0.3, 0.4) is 0 Å². The van der Waals surface area contributed by atoms with Gasteiger partial charge in [-0.1, -0.05) is 50.9 Å². The highest BCUT2D eigenvalue weighted by Gasteiger charge is 2.51. The number of hydrogen-bond donors (Lipinski definition) is 2. The summed E-state index contributed by atoms with van der Waals surface area (Å²) in [6.07, 6.45) is 3.23. The van der Waals surface area contributed by atoms with E-state index in [1.807, 2.05) is 16.4 Å². The average molecular weight is 469 g/mol. The van der Waals surface area contributed by atoms with Crippen molar-refractivity contribution in [3.63, 3.8) is 0 Å². The summed E-state index contributed by atoms with van der Waals surface area (Å²) in [7, 11) is 0. The fourth-order valence-corrected chi connectivity index (χ4v) is 4.83. The topological polar surface area (TPSA) is 73.9 Å². The van der Waals surface area contributed by atoms with Gasteiger partial charge in [0.25, 0.3) is 0 Å². The SMILES string of the molecule is CCCCN1C(=O)C(C(C)C)NC12CCN(SOC(=O)NCc1ccc(Cl)cc1)CC2. The van der Waals surface area contributed by atoms with Crippen LogP contribution in [0.25, 0.3) is 0 Å². The first-order valence-electron chi connectivity index (χ1n) is 11.1. The number of unbranched alkanes of at least 4 members (excludes halogenated alkanes) is 1. The number of nitrogens with zero attached hydrogens (tertiary/aromatic N) is 2. The molecule has 1 atom stereocenters. The number of amides is 2. The highest BCUT2D eigenvalue weighted by atomic mass is 35.5. The lowest BCUT2D eigenvalue weighted by Gasteiger charge is -2.43. The van der Waals surface area contributed by atoms with E-state index < -0.39 is 6.09 Å². The number of piperidine rings is 1. The van der Waals surface area contributed by atoms with Gasteiger partial charge in [0.2, 0.25) is 5.91 Å². The van der Waals surface area contributed by atoms with E-state index in [4.69, 9.17) is 15.8 Å². The lowest BCUT2D eigenvalue weighted by atomic mass is 9.96. The van der Waals surface area contributed by atoms with Gasteiger partial charge in [-0.25, -0.2) is 9.10 Å². The molecule has 2 amide bonds. The summed E-state index contributed by atoms with van der Waals surface area (Å²) in [4.78, 5) is 27.1. The Hall–Kier alpha value is -1.48. The molecule has 3 rings (SSSR count). The maximum atomic E-state index is 13.0. The Kier molecular flexibility index (Phi) is 8.50. The molecule has 1 aromatic carbocycles. The Morgan fingerprint density at radius 1 is 1.32 bits per heavy atom. The van der Waals surface area contributed by atoms with Crippen molar-refractivity contribution in [2.75, 3.05) is 19.6 Å². The fraction of sp³-hybridized carbons (Fsp3) is 0.636. The van der Waals surface area contributed by atoms with E-state index >= 15 is 0 Å². The second-order valence-electron chi connectivity index (χ2n) is 8.60. The summed E-state index contributed by atoms with van der Waals surface area (Å²) >= 11 is 6.95. The highest BCUT2D eigenvalue weighted by molar-refractivity contribution is 7.92. The van der Waals surface area contributed by atoms with Crippen LogP contribution in [0, 0.1) is 5.92 Å². The highest BCUT2D eigenvalue weighted by Crippen LogP contribution is 2.36. The van der Waals surface area contributed by atoms with Gasteiger partial charge in [-0.05, 0) is 42.9 Å². The van der Waals surface area contributed by atoms with E-state index in [0.717, 1.165) is 63.1 Å². The molecule has 2 fully saturated rings. The molecule has 2 saturated heterocycles. The maximum absolute atomic E-state index is 13.0. The summed E-state index contributed by atoms with van der Waals surface area (Å²) in [5, 5.41) is 7.06. The van der Waals surface area contributed by atoms with Gasteiger partial charge in [0.05, 0.1) is 11.7 Å². The van der Waals surface area contributed by atoms with E-state index in [0.29, 0.717) is 11.6 Å². The van der Waals surface area contributed by atoms with Crippen molar-refractivity contribution in [2.24, 2.45) is 5.92 Å². The van der Waals surface area contributed by atoms with Crippen molar-refractivity contribution in [1.82, 2.24) is 19.8 Å². The second-order valence-corrected chi connectivity index (χ2v) is 9.86. The third-order valence-electron chi connectivity index (χ3n) is 5.99. The van der Waals surface area contributed by atoms with Crippen LogP contribution in [0.5, 0.6) is 0 Å². The average Bonchev–Trinajstić information content (AvgIpc) is 3.03. The van der Waals surface area contributed by atoms with Crippen LogP contribution in [-0.2, 0) is 15.5 Å². The molecule has 31 heavy (non-hydrogen) atoms. The van der Waals surface area contributed by atoms with Crippen LogP contribution in [0.4, 0.5) is 4.79 Å². The van der Waals surface area contributed by atoms with Crippen LogP contribution in [0.2, 0.25) is 5.02 Å². The number of carbonyl (C=O) groups is 2. The number of benzene rings is 1. The van der Waals surface area contributed by atoms with Gasteiger partial charge in [-0.15, -0.1) is 0 Å². The molecule has 0 aromatic heterocycles. The second kappa shape index (κ2) is 10.9. The van der Waals surface area contributed by atoms with Crippen molar-refractivity contribution in [3.8, 4) is 0 Å². The van der Waals surface area contributed by atoms with E-state index in [2.05, 4.69) is 36.3 Å². The molecule has 2 heterocycles. The normalized spacial score (nSPS) is 21.1. The van der Waals surface area contributed by atoms with Gasteiger partial charge >= 0.3 is 6.09 Å². The quantitative estimate of drug-likeness (QED) is 0.440. The Morgan fingerprint density at radius 2 is 2.00 bits per heavy atom. The minimum Gasteiger partial charge on any atom is -0.358 e. The maximum Gasteiger partial charge on any atom is 0.420 e. The van der Waals surface area contributed by atoms with Crippen LogP contribution in [0.1, 0.15) is 52.0 Å². The summed E-state index contributed by atoms with van der Waals surface area (Å²) in [5.41, 5.74) is 0.671. The number of rotatable bonds is 8. The third-order valence-corrected chi connectivity index (χ3v) is 7.05. The minimum atomic E-state index is -0.473. The molecule has 0 aliphatic carbocycles. The van der Waals surface area contributed by atoms with Gasteiger partial charge in [0.15, 0.2) is 12.2 Å². The van der Waals surface area contributed by atoms with Crippen molar-refractivity contribution >= 4 is 35.8 Å². The van der Waals surface area contributed by atoms with Crippen molar-refractivity contribution in [2.45, 2.75) is 64.7 Å². The molecule has 1 unspecified atom stereocenters. The lowest BCUT2D eigenvalue weighted by molar-refractivity contribution is -0.133. The minimum absolute atomic E-state index is 0.119. The largest absolute Gasteiger partial charge is 0.420 e. The Balaban J connectivity index is 1.47. The zero-order chi connectivity index (χ0) is 22.4. The molecule has 0 radical (unpaired) electrons. The molecule has 9 heteroatoms. The molecule has 1 spiro atoms. The molecular weight excluding hydrogens is 436 g/mol. The van der Waals surface area contributed by atoms with Crippen LogP contribution in [-0.4, -0.2) is 52.5 Å². The van der Waals surface area contributed by atoms with Crippen molar-refractivity contribution in [3.05, 3.63) is 34.9 Å². The monoisotopic (exact) mass is 468 g/mol. The summed E-state index contributed by atoms with van der Waals surface area (Å²) in [6.45, 7) is 8.99. The first kappa shape index (κ1) is 24.2. The number of halogens is 1. The fourth-order valence-electron chi connectivity index (χ4n) is 4.14. The van der Waals surface area contributed by atoms with Crippen molar-refractivity contribution < 1.29 is 13.8 Å². The van der Waals surface area contributed by atoms with E-state index in [9.17, 15) is 9.59 Å². The smallest absolute Gasteiger partial charge is 0.358 e. The molecule has 2 aliphatic rings. The standard InChI is InChI=1S/C22H33ClN4O3S/c1-4-5-12-27-20(28)19(16(2)3)25-22(27)10-13-26(14-11-22)31-30-21(29)24-15-17-6-8-18(23)9-7-17/h6-9,16,19,25H,4-5,10-15H2,1-3H3,(H,24,29). The molecule has 2 aliphatic heterocycles. The van der Waals surface area contributed by atoms with Gasteiger partial charge < -0.3 is 14.4 Å². The van der Waals surface area contributed by atoms with Crippen LogP contribution in [0.15, 0.2) is 24.3 Å². The van der Waals surface area contributed by atoms with E-state index in [-0.39, 0.29) is 23.5 Å². The van der Waals surface area contributed by atoms with E-state index in [1.165, 1.54) is 0 Å². The summed E-state index contributed by atoms with van der Waals surface area (Å²) < 4.78 is 7.36. The number of nitrogens with one attached hydrogen (secondary N) is 2. The molecule has 1 aromatic rings. The Morgan fingerprint density at radius 3 is 2.61 bits per heavy atom. The summed E-state index contributed by atoms with van der Waals surface area (Å²) in [5.74, 6) is 0.485. The zero-order valence-electron chi connectivity index (χ0n) is 18.5. The first-order valence-corrected chi connectivity index (χ1v) is 12.1. The van der Waals surface area contributed by atoms with Gasteiger partial charge in [0, 0.05) is 31.2 Å². The number of hydrogen-bond acceptors (Lipinski definition) is 6. The van der Waals surface area contributed by atoms with Crippen LogP contribution >= 0.6 is 23.8 Å². The van der Waals surface area contributed by atoms with Gasteiger partial charge in [-0.3, -0.25) is 10.1 Å². The van der Waals surface area contributed by atoms with Crippen molar-refractivity contribution in [1.29, 1.82) is 0 Å². The predicted molar refractivity (Wildman–Crippen MR) is 124 cm³/mol. The van der Waals surface area contributed by atoms with Gasteiger partial charge in [-0.2, -0.15) is 0 Å². The number of carbonyl (C=O) groups excluding carboxylic acids is 2. The van der Waals surface area contributed by atoms with Gasteiger partial charge in [0.1, 0.15) is 0 Å². The lowest BCUT2D eigenvalue weighted by Crippen LogP contribution is -2.58. The third kappa shape index (κ3) is 6.06. The van der Waals surface area contributed by atoms with Crippen LogP contribution < -0.4 is 10.6 Å². The Bertz CT molecular complexity index is 754. The molecule has 0 bridgehead atoms.